The molecule has 2 N–H and O–H groups in total. The first-order valence-corrected chi connectivity index (χ1v) is 6.00. The van der Waals surface area contributed by atoms with Gasteiger partial charge in [-0.1, -0.05) is 6.07 Å². The predicted molar refractivity (Wildman–Crippen MR) is 64.9 cm³/mol. The molecule has 3 nitrogen and oxygen atoms in total. The maximum Gasteiger partial charge on any atom is 0.161 e. The van der Waals surface area contributed by atoms with Crippen LogP contribution in [-0.2, 0) is 0 Å². The molecule has 0 aliphatic rings. The molecular formula is C11H17NO2S. The number of methoxy groups -OCH3 is 2. The maximum atomic E-state index is 5.68. The van der Waals surface area contributed by atoms with Gasteiger partial charge in [-0.15, -0.1) is 0 Å². The van der Waals surface area contributed by atoms with Gasteiger partial charge in [0, 0.05) is 11.8 Å². The highest BCUT2D eigenvalue weighted by atomic mass is 32.2. The third-order valence-electron chi connectivity index (χ3n) is 2.28. The Hall–Kier alpha value is -0.870. The lowest BCUT2D eigenvalue weighted by Gasteiger charge is -2.15. The van der Waals surface area contributed by atoms with Gasteiger partial charge in [-0.05, 0) is 24.0 Å². The molecule has 0 heterocycles. The second-order valence-electron chi connectivity index (χ2n) is 3.07. The number of benzene rings is 1. The van der Waals surface area contributed by atoms with E-state index in [9.17, 15) is 0 Å². The van der Waals surface area contributed by atoms with Crippen molar-refractivity contribution in [3.05, 3.63) is 23.8 Å². The predicted octanol–water partition coefficient (Wildman–Crippen LogP) is 2.07. The summed E-state index contributed by atoms with van der Waals surface area (Å²) in [5.41, 5.74) is 6.85. The van der Waals surface area contributed by atoms with Crippen LogP contribution in [0.4, 0.5) is 0 Å². The van der Waals surface area contributed by atoms with Crippen LogP contribution in [0.3, 0.4) is 0 Å². The van der Waals surface area contributed by atoms with Crippen molar-refractivity contribution in [1.82, 2.24) is 0 Å². The number of thioether (sulfide) groups is 1. The quantitative estimate of drug-likeness (QED) is 0.836. The summed E-state index contributed by atoms with van der Waals surface area (Å²) in [6.45, 7) is 0.622. The van der Waals surface area contributed by atoms with E-state index in [0.29, 0.717) is 11.8 Å². The molecule has 0 aromatic heterocycles. The third-order valence-corrected chi connectivity index (χ3v) is 3.31. The Morgan fingerprint density at radius 1 is 1.27 bits per heavy atom. The van der Waals surface area contributed by atoms with Gasteiger partial charge in [-0.3, -0.25) is 0 Å². The maximum absolute atomic E-state index is 5.68. The second kappa shape index (κ2) is 5.88. The van der Waals surface area contributed by atoms with Gasteiger partial charge < -0.3 is 15.2 Å². The van der Waals surface area contributed by atoms with Crippen LogP contribution in [0.1, 0.15) is 10.8 Å². The van der Waals surface area contributed by atoms with Crippen molar-refractivity contribution in [3.8, 4) is 11.5 Å². The molecule has 0 radical (unpaired) electrons. The highest BCUT2D eigenvalue weighted by molar-refractivity contribution is 7.98. The molecule has 1 aromatic rings. The Balaban J connectivity index is 3.01. The highest BCUT2D eigenvalue weighted by Crippen LogP contribution is 2.33. The summed E-state index contributed by atoms with van der Waals surface area (Å²) in [5, 5.41) is 0.310. The molecule has 0 saturated heterocycles. The molecule has 4 heteroatoms. The van der Waals surface area contributed by atoms with E-state index < -0.39 is 0 Å². The molecular weight excluding hydrogens is 210 g/mol. The zero-order chi connectivity index (χ0) is 11.3. The summed E-state index contributed by atoms with van der Waals surface area (Å²) in [6.07, 6.45) is 2.05. The molecule has 1 rings (SSSR count). The van der Waals surface area contributed by atoms with Gasteiger partial charge in [-0.2, -0.15) is 11.8 Å². The minimum Gasteiger partial charge on any atom is -0.493 e. The first-order chi connectivity index (χ1) is 7.26. The number of hydrogen-bond donors (Lipinski definition) is 1. The summed E-state index contributed by atoms with van der Waals surface area (Å²) in [7, 11) is 3.27. The Bertz CT molecular complexity index is 313. The smallest absolute Gasteiger partial charge is 0.161 e. The molecule has 0 spiro atoms. The van der Waals surface area contributed by atoms with Crippen LogP contribution in [0.5, 0.6) is 11.5 Å². The summed E-state index contributed by atoms with van der Waals surface area (Å²) >= 11 is 1.73. The van der Waals surface area contributed by atoms with Crippen molar-refractivity contribution < 1.29 is 9.47 Å². The Morgan fingerprint density at radius 3 is 2.40 bits per heavy atom. The van der Waals surface area contributed by atoms with E-state index in [1.165, 1.54) is 5.56 Å². The first kappa shape index (κ1) is 12.2. The van der Waals surface area contributed by atoms with Crippen molar-refractivity contribution in [1.29, 1.82) is 0 Å². The van der Waals surface area contributed by atoms with Gasteiger partial charge in [0.2, 0.25) is 0 Å². The summed E-state index contributed by atoms with van der Waals surface area (Å²) in [4.78, 5) is 0. The van der Waals surface area contributed by atoms with Crippen LogP contribution in [0.15, 0.2) is 18.2 Å². The molecule has 0 aliphatic heterocycles. The lowest BCUT2D eigenvalue weighted by atomic mass is 10.1. The van der Waals surface area contributed by atoms with Crippen LogP contribution in [0.2, 0.25) is 0 Å². The summed E-state index contributed by atoms with van der Waals surface area (Å²) in [5.74, 6) is 1.50. The second-order valence-corrected chi connectivity index (χ2v) is 4.11. The number of hydrogen-bond acceptors (Lipinski definition) is 4. The topological polar surface area (TPSA) is 44.5 Å². The van der Waals surface area contributed by atoms with Crippen LogP contribution < -0.4 is 15.2 Å². The lowest BCUT2D eigenvalue weighted by Crippen LogP contribution is -2.09. The average Bonchev–Trinajstić information content (AvgIpc) is 2.30. The molecule has 84 valence electrons. The zero-order valence-corrected chi connectivity index (χ0v) is 10.1. The minimum absolute atomic E-state index is 0.310. The molecule has 0 fully saturated rings. The fraction of sp³-hybridized carbons (Fsp3) is 0.455. The molecule has 0 aliphatic carbocycles. The van der Waals surface area contributed by atoms with Gasteiger partial charge in [0.1, 0.15) is 0 Å². The fourth-order valence-corrected chi connectivity index (χ4v) is 2.03. The van der Waals surface area contributed by atoms with Crippen molar-refractivity contribution >= 4 is 11.8 Å². The number of rotatable bonds is 5. The molecule has 15 heavy (non-hydrogen) atoms. The largest absolute Gasteiger partial charge is 0.493 e. The molecule has 1 unspecified atom stereocenters. The van der Waals surface area contributed by atoms with Crippen molar-refractivity contribution in [2.24, 2.45) is 5.73 Å². The monoisotopic (exact) mass is 227 g/mol. The number of nitrogens with two attached hydrogens (primary N) is 1. The normalized spacial score (nSPS) is 12.3. The van der Waals surface area contributed by atoms with Crippen LogP contribution in [0, 0.1) is 0 Å². The first-order valence-electron chi connectivity index (χ1n) is 4.71. The van der Waals surface area contributed by atoms with E-state index in [0.717, 1.165) is 11.5 Å². The minimum atomic E-state index is 0.310. The van der Waals surface area contributed by atoms with Gasteiger partial charge in [0.15, 0.2) is 11.5 Å². The molecule has 0 amide bonds. The zero-order valence-electron chi connectivity index (χ0n) is 9.32. The van der Waals surface area contributed by atoms with Crippen molar-refractivity contribution in [2.75, 3.05) is 27.0 Å². The van der Waals surface area contributed by atoms with Crippen LogP contribution in [0.25, 0.3) is 0 Å². The summed E-state index contributed by atoms with van der Waals surface area (Å²) < 4.78 is 10.4. The fourth-order valence-electron chi connectivity index (χ4n) is 1.42. The van der Waals surface area contributed by atoms with E-state index in [-0.39, 0.29) is 0 Å². The standard InChI is InChI=1S/C11H17NO2S/c1-13-9-5-4-8(6-10(9)14-2)11(7-12)15-3/h4-6,11H,7,12H2,1-3H3. The molecule has 0 saturated carbocycles. The van der Waals surface area contributed by atoms with Gasteiger partial charge in [0.05, 0.1) is 14.2 Å². The van der Waals surface area contributed by atoms with Crippen molar-refractivity contribution in [3.63, 3.8) is 0 Å². The highest BCUT2D eigenvalue weighted by Gasteiger charge is 2.11. The Kier molecular flexibility index (Phi) is 4.78. The van der Waals surface area contributed by atoms with Crippen LogP contribution in [-0.4, -0.2) is 27.0 Å². The van der Waals surface area contributed by atoms with E-state index in [4.69, 9.17) is 15.2 Å². The Morgan fingerprint density at radius 2 is 1.93 bits per heavy atom. The van der Waals surface area contributed by atoms with E-state index >= 15 is 0 Å². The lowest BCUT2D eigenvalue weighted by molar-refractivity contribution is 0.354. The van der Waals surface area contributed by atoms with E-state index in [2.05, 4.69) is 0 Å². The van der Waals surface area contributed by atoms with Crippen molar-refractivity contribution in [2.45, 2.75) is 5.25 Å². The third kappa shape index (κ3) is 2.79. The van der Waals surface area contributed by atoms with E-state index in [1.807, 2.05) is 24.5 Å². The molecule has 0 bridgehead atoms. The summed E-state index contributed by atoms with van der Waals surface area (Å²) in [6, 6.07) is 5.91. The average molecular weight is 227 g/mol. The molecule has 1 aromatic carbocycles. The molecule has 1 atom stereocenters. The van der Waals surface area contributed by atoms with Gasteiger partial charge >= 0.3 is 0 Å². The number of ether oxygens (including phenoxy) is 2. The SMILES string of the molecule is COc1ccc(C(CN)SC)cc1OC. The van der Waals surface area contributed by atoms with Gasteiger partial charge in [-0.25, -0.2) is 0 Å². The van der Waals surface area contributed by atoms with Gasteiger partial charge in [0.25, 0.3) is 0 Å². The Labute approximate surface area is 94.9 Å². The van der Waals surface area contributed by atoms with E-state index in [1.54, 1.807) is 26.0 Å². The van der Waals surface area contributed by atoms with Crippen LogP contribution >= 0.6 is 11.8 Å².